The Bertz CT molecular complexity index is 573. The van der Waals surface area contributed by atoms with Crippen LogP contribution in [-0.2, 0) is 0 Å². The third-order valence-electron chi connectivity index (χ3n) is 2.45. The second-order valence-corrected chi connectivity index (χ2v) is 4.35. The molecule has 3 nitrogen and oxygen atoms in total. The number of alkyl halides is 3. The molecular formula is C14H13F4NO2. The molecule has 1 rings (SSSR count). The topological polar surface area (TPSA) is 49.3 Å². The predicted octanol–water partition coefficient (Wildman–Crippen LogP) is 2.24. The molecule has 2 N–H and O–H groups in total. The number of hydrogen-bond donors (Lipinski definition) is 2. The standard InChI is InChI=1S/C14H13F4NO2/c1-9(8-14(16,17)18)19-13(21)11-5-4-10(3-2-6-20)12(15)7-11/h4-5,7,9,20H,6,8H2,1H3,(H,19,21). The Hall–Kier alpha value is -2.07. The van der Waals surface area contributed by atoms with E-state index in [0.717, 1.165) is 6.07 Å². The van der Waals surface area contributed by atoms with E-state index >= 15 is 0 Å². The van der Waals surface area contributed by atoms with Gasteiger partial charge >= 0.3 is 6.18 Å². The smallest absolute Gasteiger partial charge is 0.384 e. The number of benzene rings is 1. The molecule has 21 heavy (non-hydrogen) atoms. The van der Waals surface area contributed by atoms with Crippen LogP contribution < -0.4 is 5.32 Å². The van der Waals surface area contributed by atoms with Crippen LogP contribution in [0.4, 0.5) is 17.6 Å². The first kappa shape index (κ1) is 17.0. The van der Waals surface area contributed by atoms with Crippen LogP contribution in [0.5, 0.6) is 0 Å². The third kappa shape index (κ3) is 5.83. The molecular weight excluding hydrogens is 290 g/mol. The van der Waals surface area contributed by atoms with E-state index in [-0.39, 0.29) is 11.1 Å². The van der Waals surface area contributed by atoms with Crippen molar-refractivity contribution in [2.45, 2.75) is 25.6 Å². The number of halogens is 4. The van der Waals surface area contributed by atoms with Gasteiger partial charge in [0.25, 0.3) is 5.91 Å². The molecule has 0 spiro atoms. The first-order valence-electron chi connectivity index (χ1n) is 6.00. The Morgan fingerprint density at radius 1 is 1.43 bits per heavy atom. The maximum absolute atomic E-state index is 13.6. The Labute approximate surface area is 119 Å². The molecule has 0 fully saturated rings. The van der Waals surface area contributed by atoms with E-state index < -0.39 is 37.0 Å². The van der Waals surface area contributed by atoms with Gasteiger partial charge in [0.05, 0.1) is 12.0 Å². The van der Waals surface area contributed by atoms with Gasteiger partial charge in [-0.15, -0.1) is 0 Å². The molecule has 114 valence electrons. The molecule has 0 aromatic heterocycles. The lowest BCUT2D eigenvalue weighted by Crippen LogP contribution is -2.36. The van der Waals surface area contributed by atoms with Crippen LogP contribution in [-0.4, -0.2) is 29.8 Å². The summed E-state index contributed by atoms with van der Waals surface area (Å²) in [6, 6.07) is 2.24. The molecule has 0 aliphatic carbocycles. The molecule has 0 saturated heterocycles. The van der Waals surface area contributed by atoms with Crippen LogP contribution in [0.1, 0.15) is 29.3 Å². The summed E-state index contributed by atoms with van der Waals surface area (Å²) >= 11 is 0. The summed E-state index contributed by atoms with van der Waals surface area (Å²) in [5.74, 6) is 3.01. The minimum Gasteiger partial charge on any atom is -0.384 e. The van der Waals surface area contributed by atoms with Crippen molar-refractivity contribution in [1.82, 2.24) is 5.32 Å². The van der Waals surface area contributed by atoms with Crippen LogP contribution in [0.3, 0.4) is 0 Å². The monoisotopic (exact) mass is 303 g/mol. The van der Waals surface area contributed by atoms with Crippen molar-refractivity contribution in [3.05, 3.63) is 35.1 Å². The highest BCUT2D eigenvalue weighted by Gasteiger charge is 2.30. The Morgan fingerprint density at radius 3 is 2.62 bits per heavy atom. The van der Waals surface area contributed by atoms with Crippen molar-refractivity contribution < 1.29 is 27.5 Å². The minimum atomic E-state index is -4.39. The summed E-state index contributed by atoms with van der Waals surface area (Å²) in [5.41, 5.74) is -0.111. The van der Waals surface area contributed by atoms with Crippen LogP contribution in [0.25, 0.3) is 0 Å². The number of carbonyl (C=O) groups is 1. The van der Waals surface area contributed by atoms with Gasteiger partial charge in [0.1, 0.15) is 12.4 Å². The lowest BCUT2D eigenvalue weighted by atomic mass is 10.1. The second kappa shape index (κ2) is 7.09. The van der Waals surface area contributed by atoms with Gasteiger partial charge in [0, 0.05) is 11.6 Å². The highest BCUT2D eigenvalue weighted by molar-refractivity contribution is 5.94. The van der Waals surface area contributed by atoms with Gasteiger partial charge in [-0.05, 0) is 25.1 Å². The molecule has 1 aromatic carbocycles. The third-order valence-corrected chi connectivity index (χ3v) is 2.45. The van der Waals surface area contributed by atoms with Crippen molar-refractivity contribution in [3.8, 4) is 11.8 Å². The Balaban J connectivity index is 2.78. The molecule has 0 aliphatic rings. The lowest BCUT2D eigenvalue weighted by molar-refractivity contribution is -0.138. The fraction of sp³-hybridized carbons (Fsp3) is 0.357. The fourth-order valence-electron chi connectivity index (χ4n) is 1.60. The quantitative estimate of drug-likeness (QED) is 0.664. The first-order valence-corrected chi connectivity index (χ1v) is 6.00. The molecule has 1 atom stereocenters. The van der Waals surface area contributed by atoms with Crippen LogP contribution in [0, 0.1) is 17.7 Å². The van der Waals surface area contributed by atoms with Gasteiger partial charge < -0.3 is 10.4 Å². The van der Waals surface area contributed by atoms with Gasteiger partial charge in [0.2, 0.25) is 0 Å². The van der Waals surface area contributed by atoms with Gasteiger partial charge in [-0.1, -0.05) is 11.8 Å². The van der Waals surface area contributed by atoms with E-state index in [2.05, 4.69) is 17.2 Å². The average molecular weight is 303 g/mol. The van der Waals surface area contributed by atoms with Crippen molar-refractivity contribution in [3.63, 3.8) is 0 Å². The van der Waals surface area contributed by atoms with E-state index in [1.165, 1.54) is 19.1 Å². The van der Waals surface area contributed by atoms with Crippen molar-refractivity contribution in [1.29, 1.82) is 0 Å². The summed E-state index contributed by atoms with van der Waals surface area (Å²) < 4.78 is 50.0. The average Bonchev–Trinajstić information content (AvgIpc) is 2.34. The highest BCUT2D eigenvalue weighted by atomic mass is 19.4. The van der Waals surface area contributed by atoms with Gasteiger partial charge in [-0.2, -0.15) is 13.2 Å². The SMILES string of the molecule is CC(CC(F)(F)F)NC(=O)c1ccc(C#CCO)c(F)c1. The number of rotatable bonds is 3. The zero-order chi connectivity index (χ0) is 16.0. The molecule has 0 heterocycles. The molecule has 0 aliphatic heterocycles. The normalized spacial score (nSPS) is 12.3. The molecule has 1 unspecified atom stereocenters. The zero-order valence-corrected chi connectivity index (χ0v) is 11.1. The molecule has 7 heteroatoms. The summed E-state index contributed by atoms with van der Waals surface area (Å²) in [6.45, 7) is 0.777. The van der Waals surface area contributed by atoms with E-state index in [9.17, 15) is 22.4 Å². The Kier molecular flexibility index (Phi) is 5.73. The zero-order valence-electron chi connectivity index (χ0n) is 11.1. The van der Waals surface area contributed by atoms with E-state index in [4.69, 9.17) is 5.11 Å². The molecule has 0 saturated carbocycles. The maximum atomic E-state index is 13.6. The number of aliphatic hydroxyl groups excluding tert-OH is 1. The largest absolute Gasteiger partial charge is 0.391 e. The van der Waals surface area contributed by atoms with Crippen LogP contribution in [0.15, 0.2) is 18.2 Å². The van der Waals surface area contributed by atoms with Crippen molar-refractivity contribution in [2.75, 3.05) is 6.61 Å². The van der Waals surface area contributed by atoms with E-state index in [1.807, 2.05) is 0 Å². The number of aliphatic hydroxyl groups is 1. The molecule has 1 amide bonds. The summed E-state index contributed by atoms with van der Waals surface area (Å²) in [5, 5.41) is 10.6. The first-order chi connectivity index (χ1) is 9.73. The predicted molar refractivity (Wildman–Crippen MR) is 68.0 cm³/mol. The summed E-state index contributed by atoms with van der Waals surface area (Å²) in [7, 11) is 0. The number of amides is 1. The van der Waals surface area contributed by atoms with Gasteiger partial charge in [-0.25, -0.2) is 4.39 Å². The summed E-state index contributed by atoms with van der Waals surface area (Å²) in [6.07, 6.45) is -5.55. The lowest BCUT2D eigenvalue weighted by Gasteiger charge is -2.15. The van der Waals surface area contributed by atoms with Gasteiger partial charge in [0.15, 0.2) is 0 Å². The van der Waals surface area contributed by atoms with Crippen LogP contribution in [0.2, 0.25) is 0 Å². The maximum Gasteiger partial charge on any atom is 0.391 e. The Morgan fingerprint density at radius 2 is 2.10 bits per heavy atom. The number of nitrogens with one attached hydrogen (secondary N) is 1. The van der Waals surface area contributed by atoms with Crippen molar-refractivity contribution in [2.24, 2.45) is 0 Å². The molecule has 0 radical (unpaired) electrons. The van der Waals surface area contributed by atoms with E-state index in [1.54, 1.807) is 0 Å². The van der Waals surface area contributed by atoms with Crippen molar-refractivity contribution >= 4 is 5.91 Å². The minimum absolute atomic E-state index is 0.0102. The molecule has 1 aromatic rings. The number of hydrogen-bond acceptors (Lipinski definition) is 2. The number of carbonyl (C=O) groups excluding carboxylic acids is 1. The highest BCUT2D eigenvalue weighted by Crippen LogP contribution is 2.21. The second-order valence-electron chi connectivity index (χ2n) is 4.35. The van der Waals surface area contributed by atoms with E-state index in [0.29, 0.717) is 0 Å². The van der Waals surface area contributed by atoms with Gasteiger partial charge in [-0.3, -0.25) is 4.79 Å². The molecule has 0 bridgehead atoms. The van der Waals surface area contributed by atoms with Crippen LogP contribution >= 0.6 is 0 Å². The summed E-state index contributed by atoms with van der Waals surface area (Å²) in [4.78, 5) is 11.7. The fourth-order valence-corrected chi connectivity index (χ4v) is 1.60.